The van der Waals surface area contributed by atoms with Crippen molar-refractivity contribution in [2.45, 2.75) is 25.8 Å². The fourth-order valence-electron chi connectivity index (χ4n) is 3.28. The van der Waals surface area contributed by atoms with Crippen LogP contribution in [0.4, 0.5) is 17.6 Å². The summed E-state index contributed by atoms with van der Waals surface area (Å²) in [6, 6.07) is 8.38. The Kier molecular flexibility index (Phi) is 8.94. The van der Waals surface area contributed by atoms with Crippen LogP contribution < -0.4 is 10.1 Å². The maximum Gasteiger partial charge on any atom is 0.305 e. The van der Waals surface area contributed by atoms with E-state index in [9.17, 15) is 36.7 Å². The number of nitrogens with one attached hydrogen (secondary N) is 1. The number of carboxylic acid groups (broad SMARTS) is 1. The van der Waals surface area contributed by atoms with Crippen LogP contribution in [0.3, 0.4) is 0 Å². The van der Waals surface area contributed by atoms with Crippen molar-refractivity contribution < 1.29 is 51.1 Å². The van der Waals surface area contributed by atoms with E-state index in [-0.39, 0.29) is 18.2 Å². The van der Waals surface area contributed by atoms with E-state index < -0.39 is 77.4 Å². The molecule has 0 aliphatic rings. The molecule has 9 nitrogen and oxygen atoms in total. The van der Waals surface area contributed by atoms with E-state index in [4.69, 9.17) is 9.63 Å². The van der Waals surface area contributed by atoms with Crippen LogP contribution in [-0.2, 0) is 14.4 Å². The fourth-order valence-corrected chi connectivity index (χ4v) is 3.28. The zero-order valence-electron chi connectivity index (χ0n) is 19.7. The molecule has 0 radical (unpaired) electrons. The summed E-state index contributed by atoms with van der Waals surface area (Å²) in [7, 11) is 0. The molecule has 38 heavy (non-hydrogen) atoms. The van der Waals surface area contributed by atoms with E-state index >= 15 is 0 Å². The Morgan fingerprint density at radius 1 is 1.00 bits per heavy atom. The number of halogens is 4. The molecule has 13 heteroatoms. The van der Waals surface area contributed by atoms with Gasteiger partial charge in [0.25, 0.3) is 0 Å². The van der Waals surface area contributed by atoms with E-state index in [1.54, 1.807) is 30.3 Å². The Morgan fingerprint density at radius 2 is 1.63 bits per heavy atom. The number of carbonyl (C=O) groups is 4. The van der Waals surface area contributed by atoms with Gasteiger partial charge in [0.2, 0.25) is 17.5 Å². The molecule has 0 unspecified atom stereocenters. The highest BCUT2D eigenvalue weighted by molar-refractivity contribution is 5.98. The van der Waals surface area contributed by atoms with Crippen LogP contribution in [0.25, 0.3) is 11.3 Å². The van der Waals surface area contributed by atoms with Crippen LogP contribution in [0.1, 0.15) is 30.3 Å². The third kappa shape index (κ3) is 6.81. The van der Waals surface area contributed by atoms with Gasteiger partial charge in [0, 0.05) is 30.0 Å². The van der Waals surface area contributed by atoms with E-state index in [0.717, 1.165) is 0 Å². The van der Waals surface area contributed by atoms with Gasteiger partial charge in [-0.05, 0) is 0 Å². The van der Waals surface area contributed by atoms with Crippen molar-refractivity contribution in [1.82, 2.24) is 10.5 Å². The molecule has 200 valence electrons. The van der Waals surface area contributed by atoms with Gasteiger partial charge in [-0.15, -0.1) is 0 Å². The Hall–Kier alpha value is -4.55. The Labute approximate surface area is 212 Å². The van der Waals surface area contributed by atoms with Crippen molar-refractivity contribution in [3.8, 4) is 17.1 Å². The number of hydrogen-bond donors (Lipinski definition) is 2. The largest absolute Gasteiger partial charge is 0.481 e. The third-order valence-corrected chi connectivity index (χ3v) is 5.31. The molecule has 0 aliphatic carbocycles. The lowest BCUT2D eigenvalue weighted by molar-refractivity contribution is -0.140. The van der Waals surface area contributed by atoms with Crippen LogP contribution >= 0.6 is 0 Å². The highest BCUT2D eigenvalue weighted by Crippen LogP contribution is 2.26. The molecule has 2 atom stereocenters. The quantitative estimate of drug-likeness (QED) is 0.203. The first-order valence-electron chi connectivity index (χ1n) is 11.0. The summed E-state index contributed by atoms with van der Waals surface area (Å²) in [6.07, 6.45) is -1.32. The second-order valence-electron chi connectivity index (χ2n) is 8.18. The predicted molar refractivity (Wildman–Crippen MR) is 121 cm³/mol. The lowest BCUT2D eigenvalue weighted by Gasteiger charge is -2.19. The Morgan fingerprint density at radius 3 is 2.24 bits per heavy atom. The monoisotopic (exact) mass is 536 g/mol. The number of Topliss-reactive ketones (excluding diaryl/α,β-unsaturated/α-hetero) is 2. The highest BCUT2D eigenvalue weighted by Gasteiger charge is 2.29. The van der Waals surface area contributed by atoms with Gasteiger partial charge in [0.15, 0.2) is 34.7 Å². The Bertz CT molecular complexity index is 1330. The predicted octanol–water partition coefficient (Wildman–Crippen LogP) is 3.71. The van der Waals surface area contributed by atoms with Crippen LogP contribution in [0.15, 0.2) is 47.0 Å². The first-order chi connectivity index (χ1) is 18.0. The number of ether oxygens (including phenoxy) is 1. The van der Waals surface area contributed by atoms with Gasteiger partial charge in [-0.3, -0.25) is 19.2 Å². The minimum absolute atomic E-state index is 0.0542. The second-order valence-corrected chi connectivity index (χ2v) is 8.18. The van der Waals surface area contributed by atoms with Gasteiger partial charge in [0.1, 0.15) is 18.3 Å². The van der Waals surface area contributed by atoms with Crippen LogP contribution in [-0.4, -0.2) is 46.4 Å². The molecule has 0 saturated carbocycles. The van der Waals surface area contributed by atoms with Gasteiger partial charge in [-0.1, -0.05) is 42.4 Å². The lowest BCUT2D eigenvalue weighted by Crippen LogP contribution is -2.46. The topological polar surface area (TPSA) is 136 Å². The Balaban J connectivity index is 1.63. The molecule has 0 fully saturated rings. The van der Waals surface area contributed by atoms with E-state index in [0.29, 0.717) is 11.3 Å². The van der Waals surface area contributed by atoms with Crippen molar-refractivity contribution in [2.24, 2.45) is 5.92 Å². The SMILES string of the molecule is C[C@H](CC(=O)c1cc(-c2ccccc2)on1)C(=O)N[C@@H](CC(=O)O)C(=O)COc1c(F)c(F)cc(F)c1F. The number of benzene rings is 2. The zero-order valence-corrected chi connectivity index (χ0v) is 19.7. The van der Waals surface area contributed by atoms with Crippen molar-refractivity contribution in [1.29, 1.82) is 0 Å². The number of nitrogens with zero attached hydrogens (tertiary/aromatic N) is 1. The fraction of sp³-hybridized carbons (Fsp3) is 0.240. The first kappa shape index (κ1) is 28.0. The summed E-state index contributed by atoms with van der Waals surface area (Å²) >= 11 is 0. The normalized spacial score (nSPS) is 12.4. The number of rotatable bonds is 12. The van der Waals surface area contributed by atoms with Crippen molar-refractivity contribution in [3.05, 3.63) is 71.4 Å². The molecule has 2 aromatic carbocycles. The number of amides is 1. The molecule has 0 bridgehead atoms. The number of aliphatic carboxylic acids is 1. The van der Waals surface area contributed by atoms with Crippen LogP contribution in [0.2, 0.25) is 0 Å². The molecule has 2 N–H and O–H groups in total. The summed E-state index contributed by atoms with van der Waals surface area (Å²) in [5, 5.41) is 14.9. The van der Waals surface area contributed by atoms with Crippen LogP contribution in [0.5, 0.6) is 5.75 Å². The maximum atomic E-state index is 13.8. The minimum Gasteiger partial charge on any atom is -0.481 e. The molecule has 1 amide bonds. The average Bonchev–Trinajstić information content (AvgIpc) is 3.38. The minimum atomic E-state index is -1.90. The van der Waals surface area contributed by atoms with Crippen molar-refractivity contribution >= 4 is 23.4 Å². The third-order valence-electron chi connectivity index (χ3n) is 5.31. The van der Waals surface area contributed by atoms with Crippen LogP contribution in [0, 0.1) is 29.2 Å². The van der Waals surface area contributed by atoms with E-state index in [2.05, 4.69) is 15.2 Å². The molecule has 1 heterocycles. The summed E-state index contributed by atoms with van der Waals surface area (Å²) in [6.45, 7) is 0.119. The van der Waals surface area contributed by atoms with E-state index in [1.165, 1.54) is 13.0 Å². The highest BCUT2D eigenvalue weighted by atomic mass is 19.2. The van der Waals surface area contributed by atoms with E-state index in [1.807, 2.05) is 0 Å². The molecule has 0 spiro atoms. The smallest absolute Gasteiger partial charge is 0.305 e. The zero-order chi connectivity index (χ0) is 28.0. The van der Waals surface area contributed by atoms with Gasteiger partial charge in [-0.25, -0.2) is 8.78 Å². The number of carboxylic acids is 1. The van der Waals surface area contributed by atoms with Crippen molar-refractivity contribution in [2.75, 3.05) is 6.61 Å². The summed E-state index contributed by atoms with van der Waals surface area (Å²) in [4.78, 5) is 48.8. The number of hydrogen-bond acceptors (Lipinski definition) is 7. The van der Waals surface area contributed by atoms with Gasteiger partial charge in [-0.2, -0.15) is 8.78 Å². The van der Waals surface area contributed by atoms with Gasteiger partial charge < -0.3 is 19.7 Å². The second kappa shape index (κ2) is 12.1. The average molecular weight is 536 g/mol. The first-order valence-corrected chi connectivity index (χ1v) is 11.0. The number of aromatic nitrogens is 1. The summed E-state index contributed by atoms with van der Waals surface area (Å²) in [5.74, 6) is -13.7. The molecule has 0 saturated heterocycles. The molecule has 3 rings (SSSR count). The molecule has 0 aliphatic heterocycles. The van der Waals surface area contributed by atoms with Gasteiger partial charge in [0.05, 0.1) is 6.42 Å². The van der Waals surface area contributed by atoms with Crippen molar-refractivity contribution in [3.63, 3.8) is 0 Å². The molecule has 3 aromatic rings. The standard InChI is InChI=1S/C25H20F4N2O7/c1-12(7-18(32)17-9-20(38-31-17)13-5-3-2-4-6-13)25(36)30-16(10-21(34)35)19(33)11-37-24-22(28)14(26)8-15(27)23(24)29/h2-6,8-9,12,16H,7,10-11H2,1H3,(H,30,36)(H,34,35)/t12-,16+/m1/s1. The lowest BCUT2D eigenvalue weighted by atomic mass is 10.00. The molecule has 1 aromatic heterocycles. The maximum absolute atomic E-state index is 13.8. The number of ketones is 2. The van der Waals surface area contributed by atoms with Gasteiger partial charge >= 0.3 is 5.97 Å². The molecular weight excluding hydrogens is 516 g/mol. The number of carbonyl (C=O) groups excluding carboxylic acids is 3. The summed E-state index contributed by atoms with van der Waals surface area (Å²) in [5.41, 5.74) is 0.615. The summed E-state index contributed by atoms with van der Waals surface area (Å²) < 4.78 is 63.9. The molecular formula is C25H20F4N2O7.